The molecule has 0 saturated carbocycles. The lowest BCUT2D eigenvalue weighted by Gasteiger charge is -2.19. The Morgan fingerprint density at radius 3 is 2.23 bits per heavy atom. The Bertz CT molecular complexity index is 479. The Morgan fingerprint density at radius 2 is 1.86 bits per heavy atom. The minimum absolute atomic E-state index is 0.154. The van der Waals surface area contributed by atoms with E-state index in [9.17, 15) is 9.59 Å². The molecule has 0 radical (unpaired) electrons. The van der Waals surface area contributed by atoms with Gasteiger partial charge < -0.3 is 15.3 Å². The van der Waals surface area contributed by atoms with Gasteiger partial charge in [-0.05, 0) is 12.3 Å². The number of hydrogen-bond acceptors (Lipinski definition) is 4. The highest BCUT2D eigenvalue weighted by atomic mass is 16.4. The number of carbonyl (C=O) groups excluding carboxylic acids is 1. The molecule has 22 heavy (non-hydrogen) atoms. The van der Waals surface area contributed by atoms with Crippen molar-refractivity contribution in [2.75, 3.05) is 13.1 Å². The molecule has 120 valence electrons. The molecule has 0 aliphatic rings. The molecule has 0 aromatic carbocycles. The van der Waals surface area contributed by atoms with Gasteiger partial charge in [0.25, 0.3) is 5.91 Å². The quantitative estimate of drug-likeness (QED) is 0.364. The van der Waals surface area contributed by atoms with Gasteiger partial charge in [-0.3, -0.25) is 4.79 Å². The number of aliphatic carboxylic acids is 1. The topological polar surface area (TPSA) is 93.4 Å². The molecule has 6 heteroatoms. The van der Waals surface area contributed by atoms with Crippen LogP contribution < -0.4 is 5.32 Å². The van der Waals surface area contributed by atoms with E-state index in [-0.39, 0.29) is 24.6 Å². The minimum Gasteiger partial charge on any atom is -0.480 e. The molecule has 0 aliphatic carbocycles. The highest BCUT2D eigenvalue weighted by Crippen LogP contribution is 2.06. The molecule has 2 N–H and O–H groups in total. The van der Waals surface area contributed by atoms with E-state index in [1.165, 1.54) is 11.1 Å². The third-order valence-corrected chi connectivity index (χ3v) is 2.77. The van der Waals surface area contributed by atoms with Crippen LogP contribution in [-0.4, -0.2) is 41.0 Å². The average molecular weight is 305 g/mol. The first-order valence-electron chi connectivity index (χ1n) is 6.97. The number of carboxylic acid groups (broad SMARTS) is 1. The molecular weight excluding hydrogens is 282 g/mol. The average Bonchev–Trinajstić information content (AvgIpc) is 2.45. The second kappa shape index (κ2) is 10.2. The summed E-state index contributed by atoms with van der Waals surface area (Å²) in [7, 11) is 0. The molecule has 0 bridgehead atoms. The number of carboxylic acids is 1. The fourth-order valence-corrected chi connectivity index (χ4v) is 1.76. The summed E-state index contributed by atoms with van der Waals surface area (Å²) in [6, 6.07) is 0.949. The van der Waals surface area contributed by atoms with Gasteiger partial charge >= 0.3 is 5.97 Å². The Labute approximate surface area is 131 Å². The van der Waals surface area contributed by atoms with E-state index in [0.717, 1.165) is 0 Å². The van der Waals surface area contributed by atoms with E-state index < -0.39 is 17.9 Å². The molecule has 0 rings (SSSR count). The first kappa shape index (κ1) is 19.4. The number of amides is 1. The maximum Gasteiger partial charge on any atom is 0.326 e. The van der Waals surface area contributed by atoms with Crippen LogP contribution in [0.25, 0.3) is 0 Å². The maximum atomic E-state index is 12.2. The third kappa shape index (κ3) is 6.75. The monoisotopic (exact) mass is 305 g/mol. The Hall–Kier alpha value is -2.55. The van der Waals surface area contributed by atoms with Gasteiger partial charge in [0.05, 0.1) is 0 Å². The number of rotatable bonds is 10. The van der Waals surface area contributed by atoms with Crippen molar-refractivity contribution in [3.8, 4) is 6.07 Å². The summed E-state index contributed by atoms with van der Waals surface area (Å²) in [6.45, 7) is 11.5. The summed E-state index contributed by atoms with van der Waals surface area (Å²) in [4.78, 5) is 24.7. The second-order valence-electron chi connectivity index (χ2n) is 5.14. The van der Waals surface area contributed by atoms with E-state index in [0.29, 0.717) is 6.42 Å². The zero-order valence-electron chi connectivity index (χ0n) is 13.1. The normalized spacial score (nSPS) is 12.2. The largest absolute Gasteiger partial charge is 0.480 e. The summed E-state index contributed by atoms with van der Waals surface area (Å²) < 4.78 is 0. The van der Waals surface area contributed by atoms with Crippen LogP contribution in [-0.2, 0) is 9.59 Å². The van der Waals surface area contributed by atoms with E-state index in [1.807, 2.05) is 13.8 Å². The van der Waals surface area contributed by atoms with Crippen LogP contribution in [0.1, 0.15) is 20.3 Å². The number of nitrogens with one attached hydrogen (secondary N) is 1. The van der Waals surface area contributed by atoms with Crippen molar-refractivity contribution in [2.45, 2.75) is 26.3 Å². The highest BCUT2D eigenvalue weighted by Gasteiger charge is 2.20. The van der Waals surface area contributed by atoms with Gasteiger partial charge in [-0.2, -0.15) is 5.26 Å². The SMILES string of the molecule is C=CCN(CC=C)C(=O)/C(C#N)=C\NC(CC(C)C)C(=O)O. The van der Waals surface area contributed by atoms with E-state index in [1.54, 1.807) is 18.2 Å². The predicted molar refractivity (Wildman–Crippen MR) is 84.7 cm³/mol. The lowest BCUT2D eigenvalue weighted by molar-refractivity contribution is -0.139. The van der Waals surface area contributed by atoms with Crippen molar-refractivity contribution in [1.82, 2.24) is 10.2 Å². The number of hydrogen-bond donors (Lipinski definition) is 2. The van der Waals surface area contributed by atoms with E-state index >= 15 is 0 Å². The zero-order valence-corrected chi connectivity index (χ0v) is 13.1. The molecule has 0 aliphatic heterocycles. The second-order valence-corrected chi connectivity index (χ2v) is 5.14. The van der Waals surface area contributed by atoms with Gasteiger partial charge in [0.1, 0.15) is 17.7 Å². The molecule has 1 amide bonds. The van der Waals surface area contributed by atoms with Crippen molar-refractivity contribution >= 4 is 11.9 Å². The number of nitriles is 1. The summed E-state index contributed by atoms with van der Waals surface area (Å²) in [5.74, 6) is -1.35. The molecule has 0 fully saturated rings. The van der Waals surface area contributed by atoms with Crippen LogP contribution in [0, 0.1) is 17.2 Å². The zero-order chi connectivity index (χ0) is 17.1. The lowest BCUT2D eigenvalue weighted by Crippen LogP contribution is -2.36. The van der Waals surface area contributed by atoms with Crippen LogP contribution in [0.2, 0.25) is 0 Å². The van der Waals surface area contributed by atoms with Crippen molar-refractivity contribution in [2.24, 2.45) is 5.92 Å². The van der Waals surface area contributed by atoms with Crippen LogP contribution in [0.15, 0.2) is 37.1 Å². The Morgan fingerprint density at radius 1 is 1.32 bits per heavy atom. The first-order valence-corrected chi connectivity index (χ1v) is 6.97. The maximum absolute atomic E-state index is 12.2. The van der Waals surface area contributed by atoms with Gasteiger partial charge in [0.2, 0.25) is 0 Å². The van der Waals surface area contributed by atoms with Crippen LogP contribution >= 0.6 is 0 Å². The van der Waals surface area contributed by atoms with Gasteiger partial charge in [-0.25, -0.2) is 4.79 Å². The smallest absolute Gasteiger partial charge is 0.326 e. The van der Waals surface area contributed by atoms with Crippen LogP contribution in [0.3, 0.4) is 0 Å². The molecule has 0 aromatic heterocycles. The van der Waals surface area contributed by atoms with Crippen molar-refractivity contribution in [3.05, 3.63) is 37.1 Å². The first-order chi connectivity index (χ1) is 10.4. The van der Waals surface area contributed by atoms with Crippen molar-refractivity contribution in [3.63, 3.8) is 0 Å². The highest BCUT2D eigenvalue weighted by molar-refractivity contribution is 5.97. The standard InChI is InChI=1S/C16H23N3O3/c1-5-7-19(8-6-2)15(20)13(10-17)11-18-14(16(21)22)9-12(3)4/h5-6,11-12,14,18H,1-2,7-9H2,3-4H3,(H,21,22)/b13-11-. The molecule has 1 unspecified atom stereocenters. The molecule has 1 atom stereocenters. The molecule has 6 nitrogen and oxygen atoms in total. The van der Waals surface area contributed by atoms with Gasteiger partial charge in [-0.15, -0.1) is 13.2 Å². The van der Waals surface area contributed by atoms with Gasteiger partial charge in [-0.1, -0.05) is 26.0 Å². The molecule has 0 spiro atoms. The Balaban J connectivity index is 5.09. The van der Waals surface area contributed by atoms with Gasteiger partial charge in [0.15, 0.2) is 0 Å². The van der Waals surface area contributed by atoms with Crippen LogP contribution in [0.5, 0.6) is 0 Å². The fourth-order valence-electron chi connectivity index (χ4n) is 1.76. The molecule has 0 saturated heterocycles. The minimum atomic E-state index is -1.02. The fraction of sp³-hybridized carbons (Fsp3) is 0.438. The number of nitrogens with zero attached hydrogens (tertiary/aromatic N) is 2. The summed E-state index contributed by atoms with van der Waals surface area (Å²) >= 11 is 0. The molecule has 0 aromatic rings. The third-order valence-electron chi connectivity index (χ3n) is 2.77. The summed E-state index contributed by atoms with van der Waals surface area (Å²) in [6.07, 6.45) is 4.65. The number of carbonyl (C=O) groups is 2. The lowest BCUT2D eigenvalue weighted by atomic mass is 10.0. The Kier molecular flexibility index (Phi) is 9.03. The predicted octanol–water partition coefficient (Wildman–Crippen LogP) is 1.68. The van der Waals surface area contributed by atoms with Gasteiger partial charge in [0, 0.05) is 19.3 Å². The summed E-state index contributed by atoms with van der Waals surface area (Å²) in [5.41, 5.74) is -0.154. The van der Waals surface area contributed by atoms with Crippen molar-refractivity contribution < 1.29 is 14.7 Å². The summed E-state index contributed by atoms with van der Waals surface area (Å²) in [5, 5.41) is 20.9. The molecule has 0 heterocycles. The van der Waals surface area contributed by atoms with E-state index in [2.05, 4.69) is 18.5 Å². The van der Waals surface area contributed by atoms with Crippen LogP contribution in [0.4, 0.5) is 0 Å². The van der Waals surface area contributed by atoms with E-state index in [4.69, 9.17) is 10.4 Å². The molecular formula is C16H23N3O3. The van der Waals surface area contributed by atoms with Crippen molar-refractivity contribution in [1.29, 1.82) is 5.26 Å².